The molecule has 7 nitrogen and oxygen atoms in total. The minimum absolute atomic E-state index is 0.0131. The maximum atomic E-state index is 12.9. The van der Waals surface area contributed by atoms with Gasteiger partial charge in [-0.15, -0.1) is 6.58 Å². The predicted octanol–water partition coefficient (Wildman–Crippen LogP) is 4.16. The summed E-state index contributed by atoms with van der Waals surface area (Å²) in [5.74, 6) is 0.651. The number of hydrogen-bond acceptors (Lipinski definition) is 6. The third-order valence-electron chi connectivity index (χ3n) is 4.64. The highest BCUT2D eigenvalue weighted by molar-refractivity contribution is 8.15. The Bertz CT molecular complexity index is 1000. The zero-order valence-electron chi connectivity index (χ0n) is 17.8. The minimum Gasteiger partial charge on any atom is -0.497 e. The lowest BCUT2D eigenvalue weighted by atomic mass is 10.2. The van der Waals surface area contributed by atoms with Gasteiger partial charge >= 0.3 is 0 Å². The standard InChI is InChI=1S/C23H25N3O4S/c1-5-12-26-22(28)20(31-23(26)24-16-8-6-15(2)7-9-16)14-21(27)25-18-11-10-17(29-3)13-19(18)30-4/h5-11,13,20H,1,12,14H2,2-4H3,(H,25,27). The van der Waals surface area contributed by atoms with Gasteiger partial charge in [-0.05, 0) is 31.2 Å². The first kappa shape index (κ1) is 22.4. The van der Waals surface area contributed by atoms with Crippen LogP contribution in [0.3, 0.4) is 0 Å². The first-order chi connectivity index (χ1) is 14.9. The molecule has 2 aromatic carbocycles. The van der Waals surface area contributed by atoms with E-state index in [1.165, 1.54) is 18.9 Å². The number of nitrogens with zero attached hydrogens (tertiary/aromatic N) is 2. The van der Waals surface area contributed by atoms with Crippen LogP contribution in [0.5, 0.6) is 11.5 Å². The average Bonchev–Trinajstić information content (AvgIpc) is 3.04. The maximum absolute atomic E-state index is 12.9. The van der Waals surface area contributed by atoms with Crippen molar-refractivity contribution in [1.29, 1.82) is 0 Å². The molecule has 2 amide bonds. The summed E-state index contributed by atoms with van der Waals surface area (Å²) in [6, 6.07) is 12.8. The molecule has 0 spiro atoms. The summed E-state index contributed by atoms with van der Waals surface area (Å²) < 4.78 is 10.5. The highest BCUT2D eigenvalue weighted by Gasteiger charge is 2.38. The number of amides is 2. The van der Waals surface area contributed by atoms with E-state index in [2.05, 4.69) is 16.9 Å². The number of anilines is 1. The summed E-state index contributed by atoms with van der Waals surface area (Å²) >= 11 is 1.29. The van der Waals surface area contributed by atoms with Gasteiger partial charge in [0.15, 0.2) is 5.17 Å². The second-order valence-corrected chi connectivity index (χ2v) is 8.06. The van der Waals surface area contributed by atoms with Crippen molar-refractivity contribution in [3.8, 4) is 11.5 Å². The monoisotopic (exact) mass is 439 g/mol. The quantitative estimate of drug-likeness (QED) is 0.625. The van der Waals surface area contributed by atoms with Crippen LogP contribution in [-0.4, -0.2) is 47.9 Å². The van der Waals surface area contributed by atoms with Crippen LogP contribution in [-0.2, 0) is 9.59 Å². The number of aryl methyl sites for hydroxylation is 1. The Morgan fingerprint density at radius 3 is 2.61 bits per heavy atom. The van der Waals surface area contributed by atoms with Crippen molar-refractivity contribution >= 4 is 40.1 Å². The van der Waals surface area contributed by atoms with Crippen LogP contribution in [0.2, 0.25) is 0 Å². The Morgan fingerprint density at radius 1 is 1.23 bits per heavy atom. The van der Waals surface area contributed by atoms with E-state index in [4.69, 9.17) is 9.47 Å². The first-order valence-corrected chi connectivity index (χ1v) is 10.6. The van der Waals surface area contributed by atoms with E-state index in [0.29, 0.717) is 28.9 Å². The second kappa shape index (κ2) is 10.2. The van der Waals surface area contributed by atoms with Crippen LogP contribution in [0.15, 0.2) is 60.1 Å². The van der Waals surface area contributed by atoms with Crippen LogP contribution in [0.25, 0.3) is 0 Å². The number of nitrogens with one attached hydrogen (secondary N) is 1. The van der Waals surface area contributed by atoms with Crippen molar-refractivity contribution in [1.82, 2.24) is 4.90 Å². The summed E-state index contributed by atoms with van der Waals surface area (Å²) in [5.41, 5.74) is 2.40. The number of carbonyl (C=O) groups is 2. The molecule has 3 rings (SSSR count). The number of benzene rings is 2. The molecule has 1 atom stereocenters. The van der Waals surface area contributed by atoms with E-state index in [0.717, 1.165) is 11.3 Å². The number of rotatable bonds is 8. The summed E-state index contributed by atoms with van der Waals surface area (Å²) in [5, 5.41) is 2.82. The van der Waals surface area contributed by atoms with Crippen molar-refractivity contribution in [2.24, 2.45) is 4.99 Å². The molecule has 8 heteroatoms. The summed E-state index contributed by atoms with van der Waals surface area (Å²) in [6.07, 6.45) is 1.66. The molecule has 1 aliphatic heterocycles. The number of thioether (sulfide) groups is 1. The Labute approximate surface area is 186 Å². The summed E-state index contributed by atoms with van der Waals surface area (Å²) in [7, 11) is 3.07. The van der Waals surface area contributed by atoms with Gasteiger partial charge in [0.2, 0.25) is 11.8 Å². The third kappa shape index (κ3) is 5.46. The van der Waals surface area contributed by atoms with Crippen LogP contribution < -0.4 is 14.8 Å². The first-order valence-electron chi connectivity index (χ1n) is 9.71. The lowest BCUT2D eigenvalue weighted by Crippen LogP contribution is -2.33. The predicted molar refractivity (Wildman–Crippen MR) is 124 cm³/mol. The van der Waals surface area contributed by atoms with Gasteiger partial charge in [0.25, 0.3) is 0 Å². The van der Waals surface area contributed by atoms with Gasteiger partial charge in [-0.2, -0.15) is 0 Å². The average molecular weight is 440 g/mol. The number of hydrogen-bond donors (Lipinski definition) is 1. The highest BCUT2D eigenvalue weighted by Crippen LogP contribution is 2.33. The summed E-state index contributed by atoms with van der Waals surface area (Å²) in [6.45, 7) is 6.06. The largest absolute Gasteiger partial charge is 0.497 e. The van der Waals surface area contributed by atoms with Crippen LogP contribution in [0.4, 0.5) is 11.4 Å². The summed E-state index contributed by atoms with van der Waals surface area (Å²) in [4.78, 5) is 31.7. The molecule has 0 radical (unpaired) electrons. The molecule has 1 fully saturated rings. The molecule has 31 heavy (non-hydrogen) atoms. The molecule has 0 bridgehead atoms. The number of ether oxygens (including phenoxy) is 2. The SMILES string of the molecule is C=CCN1C(=O)C(CC(=O)Nc2ccc(OC)cc2OC)SC1=Nc1ccc(C)cc1. The van der Waals surface area contributed by atoms with Crippen LogP contribution in [0, 0.1) is 6.92 Å². The molecule has 162 valence electrons. The lowest BCUT2D eigenvalue weighted by molar-refractivity contribution is -0.127. The van der Waals surface area contributed by atoms with Crippen LogP contribution in [0.1, 0.15) is 12.0 Å². The van der Waals surface area contributed by atoms with Gasteiger partial charge in [0.05, 0.1) is 25.6 Å². The van der Waals surface area contributed by atoms with Crippen molar-refractivity contribution < 1.29 is 19.1 Å². The third-order valence-corrected chi connectivity index (χ3v) is 5.82. The molecular weight excluding hydrogens is 414 g/mol. The zero-order valence-corrected chi connectivity index (χ0v) is 18.6. The van der Waals surface area contributed by atoms with Crippen molar-refractivity contribution in [2.45, 2.75) is 18.6 Å². The smallest absolute Gasteiger partial charge is 0.242 e. The van der Waals surface area contributed by atoms with Gasteiger partial charge in [-0.1, -0.05) is 35.5 Å². The number of aliphatic imine (C=N–C) groups is 1. The molecule has 1 heterocycles. The van der Waals surface area contributed by atoms with E-state index in [-0.39, 0.29) is 18.2 Å². The Morgan fingerprint density at radius 2 is 1.97 bits per heavy atom. The van der Waals surface area contributed by atoms with Gasteiger partial charge in [-0.3, -0.25) is 14.5 Å². The molecule has 1 saturated heterocycles. The van der Waals surface area contributed by atoms with E-state index < -0.39 is 5.25 Å². The second-order valence-electron chi connectivity index (χ2n) is 6.89. The molecule has 1 unspecified atom stereocenters. The fraction of sp³-hybridized carbons (Fsp3) is 0.261. The maximum Gasteiger partial charge on any atom is 0.242 e. The van der Waals surface area contributed by atoms with E-state index in [1.807, 2.05) is 31.2 Å². The van der Waals surface area contributed by atoms with E-state index in [1.54, 1.807) is 36.3 Å². The Kier molecular flexibility index (Phi) is 7.36. The lowest BCUT2D eigenvalue weighted by Gasteiger charge is -2.14. The van der Waals surface area contributed by atoms with Crippen molar-refractivity contribution in [2.75, 3.05) is 26.1 Å². The van der Waals surface area contributed by atoms with Gasteiger partial charge in [-0.25, -0.2) is 4.99 Å². The number of amidine groups is 1. The number of carbonyl (C=O) groups excluding carboxylic acids is 2. The van der Waals surface area contributed by atoms with Crippen LogP contribution >= 0.6 is 11.8 Å². The minimum atomic E-state index is -0.562. The zero-order chi connectivity index (χ0) is 22.4. The molecule has 0 aromatic heterocycles. The van der Waals surface area contributed by atoms with Crippen molar-refractivity contribution in [3.63, 3.8) is 0 Å². The van der Waals surface area contributed by atoms with Gasteiger partial charge in [0, 0.05) is 19.0 Å². The fourth-order valence-electron chi connectivity index (χ4n) is 3.02. The molecule has 1 aliphatic rings. The Balaban J connectivity index is 1.74. The Hall–Kier alpha value is -3.26. The van der Waals surface area contributed by atoms with Crippen molar-refractivity contribution in [3.05, 3.63) is 60.7 Å². The molecule has 0 saturated carbocycles. The fourth-order valence-corrected chi connectivity index (χ4v) is 4.19. The molecule has 1 N–H and O–H groups in total. The normalized spacial score (nSPS) is 17.0. The highest BCUT2D eigenvalue weighted by atomic mass is 32.2. The van der Waals surface area contributed by atoms with E-state index >= 15 is 0 Å². The van der Waals surface area contributed by atoms with E-state index in [9.17, 15) is 9.59 Å². The molecule has 0 aliphatic carbocycles. The molecular formula is C23H25N3O4S. The van der Waals surface area contributed by atoms with Gasteiger partial charge in [0.1, 0.15) is 16.7 Å². The number of methoxy groups -OCH3 is 2. The molecule has 2 aromatic rings. The van der Waals surface area contributed by atoms with Gasteiger partial charge < -0.3 is 14.8 Å². The topological polar surface area (TPSA) is 80.2 Å².